The highest BCUT2D eigenvalue weighted by Gasteiger charge is 2.31. The first-order chi connectivity index (χ1) is 19.7. The van der Waals surface area contributed by atoms with Crippen LogP contribution in [0, 0.1) is 27.3 Å². The summed E-state index contributed by atoms with van der Waals surface area (Å²) in [6, 6.07) is 23.4. The second kappa shape index (κ2) is 11.4. The number of ether oxygens (including phenoxy) is 3. The zero-order valence-electron chi connectivity index (χ0n) is 21.0. The highest BCUT2D eigenvalue weighted by Crippen LogP contribution is 2.43. The summed E-state index contributed by atoms with van der Waals surface area (Å²) in [6.07, 6.45) is 0. The van der Waals surface area contributed by atoms with E-state index in [9.17, 15) is 24.6 Å². The summed E-state index contributed by atoms with van der Waals surface area (Å²) in [5.41, 5.74) is 7.48. The van der Waals surface area contributed by atoms with Gasteiger partial charge in [-0.05, 0) is 35.9 Å². The number of nitrogens with two attached hydrogens (primary N) is 1. The Morgan fingerprint density at radius 1 is 1.07 bits per heavy atom. The third-order valence-electron chi connectivity index (χ3n) is 6.35. The summed E-state index contributed by atoms with van der Waals surface area (Å²) in [6.45, 7) is 0.0471. The number of allylic oxidation sites excluding steroid dienone is 1. The van der Waals surface area contributed by atoms with Gasteiger partial charge in [0, 0.05) is 29.3 Å². The quantitative estimate of drug-likeness (QED) is 0.116. The molecule has 5 rings (SSSR count). The van der Waals surface area contributed by atoms with Crippen LogP contribution in [0.2, 0.25) is 5.02 Å². The van der Waals surface area contributed by atoms with Crippen molar-refractivity contribution >= 4 is 23.3 Å². The van der Waals surface area contributed by atoms with E-state index in [2.05, 4.69) is 6.07 Å². The number of hydrogen-bond donors (Lipinski definition) is 1. The summed E-state index contributed by atoms with van der Waals surface area (Å²) in [4.78, 5) is 23.2. The van der Waals surface area contributed by atoms with Crippen LogP contribution >= 0.6 is 11.6 Å². The Morgan fingerprint density at radius 2 is 1.80 bits per heavy atom. The minimum atomic E-state index is -0.904. The number of non-ortho nitro benzene ring substituents is 1. The van der Waals surface area contributed by atoms with Crippen LogP contribution in [0.1, 0.15) is 33.0 Å². The van der Waals surface area contributed by atoms with E-state index in [-0.39, 0.29) is 51.7 Å². The maximum Gasteiger partial charge on any atom is 0.345 e. The summed E-state index contributed by atoms with van der Waals surface area (Å²) < 4.78 is 30.7. The molecular formula is C30H19ClFN3O6. The lowest BCUT2D eigenvalue weighted by molar-refractivity contribution is -0.384. The molecule has 1 heterocycles. The van der Waals surface area contributed by atoms with E-state index in [4.69, 9.17) is 31.5 Å². The summed E-state index contributed by atoms with van der Waals surface area (Å²) in [5.74, 6) is -1.15. The first-order valence-electron chi connectivity index (χ1n) is 12.1. The van der Waals surface area contributed by atoms with E-state index in [1.165, 1.54) is 30.3 Å². The van der Waals surface area contributed by atoms with Crippen molar-refractivity contribution in [3.63, 3.8) is 0 Å². The first-order valence-corrected chi connectivity index (χ1v) is 12.5. The molecule has 0 bridgehead atoms. The van der Waals surface area contributed by atoms with Gasteiger partial charge < -0.3 is 19.9 Å². The van der Waals surface area contributed by atoms with E-state index in [1.807, 2.05) is 0 Å². The second-order valence-electron chi connectivity index (χ2n) is 8.88. The number of benzene rings is 4. The normalized spacial score (nSPS) is 13.9. The number of carbonyl (C=O) groups excluding carboxylic acids is 1. The predicted octanol–water partition coefficient (Wildman–Crippen LogP) is 6.40. The number of hydrogen-bond acceptors (Lipinski definition) is 8. The molecule has 204 valence electrons. The van der Waals surface area contributed by atoms with E-state index in [0.717, 1.165) is 6.07 Å². The molecule has 41 heavy (non-hydrogen) atoms. The third kappa shape index (κ3) is 5.66. The Hall–Kier alpha value is -5.40. The molecule has 4 aromatic carbocycles. The van der Waals surface area contributed by atoms with Crippen LogP contribution in [0.5, 0.6) is 17.2 Å². The van der Waals surface area contributed by atoms with E-state index < -0.39 is 16.8 Å². The Bertz CT molecular complexity index is 1750. The van der Waals surface area contributed by atoms with Crippen LogP contribution in [0.25, 0.3) is 0 Å². The minimum Gasteiger partial charge on any atom is -0.489 e. The van der Waals surface area contributed by atoms with Crippen LogP contribution in [0.3, 0.4) is 0 Å². The predicted molar refractivity (Wildman–Crippen MR) is 146 cm³/mol. The molecule has 11 heteroatoms. The molecule has 0 saturated carbocycles. The van der Waals surface area contributed by atoms with Crippen molar-refractivity contribution in [3.8, 4) is 23.3 Å². The van der Waals surface area contributed by atoms with Gasteiger partial charge in [0.05, 0.1) is 21.4 Å². The van der Waals surface area contributed by atoms with Crippen LogP contribution < -0.4 is 19.9 Å². The van der Waals surface area contributed by atoms with Crippen molar-refractivity contribution in [2.24, 2.45) is 5.73 Å². The fraction of sp³-hybridized carbons (Fsp3) is 0.0667. The maximum atomic E-state index is 13.9. The first kappa shape index (κ1) is 27.2. The van der Waals surface area contributed by atoms with E-state index in [1.54, 1.807) is 48.5 Å². The number of nitro benzene ring substituents is 1. The van der Waals surface area contributed by atoms with E-state index >= 15 is 0 Å². The van der Waals surface area contributed by atoms with Gasteiger partial charge in [-0.3, -0.25) is 10.1 Å². The molecule has 0 aromatic heterocycles. The molecule has 0 spiro atoms. The van der Waals surface area contributed by atoms with Gasteiger partial charge in [0.25, 0.3) is 5.69 Å². The molecule has 0 radical (unpaired) electrons. The number of esters is 1. The Morgan fingerprint density at radius 3 is 2.51 bits per heavy atom. The van der Waals surface area contributed by atoms with Gasteiger partial charge in [0.2, 0.25) is 5.88 Å². The van der Waals surface area contributed by atoms with Crippen LogP contribution in [-0.2, 0) is 6.61 Å². The van der Waals surface area contributed by atoms with Crippen molar-refractivity contribution in [2.75, 3.05) is 0 Å². The largest absolute Gasteiger partial charge is 0.489 e. The average Bonchev–Trinajstić information content (AvgIpc) is 2.96. The lowest BCUT2D eigenvalue weighted by atomic mass is 9.83. The molecule has 1 unspecified atom stereocenters. The topological polar surface area (TPSA) is 138 Å². The Labute approximate surface area is 237 Å². The molecule has 0 saturated heterocycles. The monoisotopic (exact) mass is 571 g/mol. The molecule has 1 aliphatic heterocycles. The fourth-order valence-corrected chi connectivity index (χ4v) is 4.52. The molecule has 4 aromatic rings. The van der Waals surface area contributed by atoms with E-state index in [0.29, 0.717) is 22.4 Å². The van der Waals surface area contributed by atoms with Crippen molar-refractivity contribution < 1.29 is 28.3 Å². The van der Waals surface area contributed by atoms with Gasteiger partial charge in [0.1, 0.15) is 41.3 Å². The minimum absolute atomic E-state index is 0.0120. The van der Waals surface area contributed by atoms with Crippen molar-refractivity contribution in [2.45, 2.75) is 12.5 Å². The van der Waals surface area contributed by atoms with Crippen LogP contribution in [0.15, 0.2) is 96.4 Å². The van der Waals surface area contributed by atoms with Gasteiger partial charge in [-0.25, -0.2) is 9.18 Å². The third-order valence-corrected chi connectivity index (χ3v) is 6.68. The summed E-state index contributed by atoms with van der Waals surface area (Å²) in [7, 11) is 0. The molecule has 0 amide bonds. The smallest absolute Gasteiger partial charge is 0.345 e. The molecule has 1 atom stereocenters. The number of carbonyl (C=O) groups is 1. The Balaban J connectivity index is 1.39. The molecule has 0 aliphatic carbocycles. The number of nitrogens with zero attached hydrogens (tertiary/aromatic N) is 2. The second-order valence-corrected chi connectivity index (χ2v) is 9.29. The molecule has 9 nitrogen and oxygen atoms in total. The molecule has 2 N–H and O–H groups in total. The number of fused-ring (bicyclic) bond motifs is 1. The van der Waals surface area contributed by atoms with Gasteiger partial charge in [-0.2, -0.15) is 5.26 Å². The van der Waals surface area contributed by atoms with Crippen LogP contribution in [-0.4, -0.2) is 10.9 Å². The Kier molecular flexibility index (Phi) is 7.54. The highest BCUT2D eigenvalue weighted by atomic mass is 35.5. The number of halogens is 2. The molecule has 1 aliphatic rings. The molecule has 0 fully saturated rings. The zero-order chi connectivity index (χ0) is 29.1. The lowest BCUT2D eigenvalue weighted by Gasteiger charge is -2.26. The fourth-order valence-electron chi connectivity index (χ4n) is 4.32. The van der Waals surface area contributed by atoms with Gasteiger partial charge >= 0.3 is 5.97 Å². The average molecular weight is 572 g/mol. The van der Waals surface area contributed by atoms with Gasteiger partial charge in [0.15, 0.2) is 0 Å². The molecular weight excluding hydrogens is 553 g/mol. The maximum absolute atomic E-state index is 13.9. The number of rotatable bonds is 7. The SMILES string of the molecule is N#CC1=C(N)Oc2cc(OC(=O)c3cc([N+](=O)[O-])ccc3Cl)ccc2C1c1ccc(OCc2ccccc2F)cc1. The van der Waals surface area contributed by atoms with Crippen molar-refractivity contribution in [1.29, 1.82) is 5.26 Å². The number of nitriles is 1. The lowest BCUT2D eigenvalue weighted by Crippen LogP contribution is -2.21. The number of nitro groups is 1. The van der Waals surface area contributed by atoms with Crippen molar-refractivity contribution in [3.05, 3.63) is 140 Å². The zero-order valence-corrected chi connectivity index (χ0v) is 21.8. The summed E-state index contributed by atoms with van der Waals surface area (Å²) >= 11 is 6.06. The standard InChI is InChI=1S/C30H19ClFN3O6/c31-25-12-7-19(35(37)38)13-23(25)30(36)40-21-10-11-22-27(14-21)41-29(34)24(15-33)28(22)17-5-8-20(9-6-17)39-16-18-3-1-2-4-26(18)32/h1-14,28H,16,34H2. The van der Waals surface area contributed by atoms with Gasteiger partial charge in [-0.1, -0.05) is 48.0 Å². The summed E-state index contributed by atoms with van der Waals surface area (Å²) in [5, 5.41) is 20.9. The van der Waals surface area contributed by atoms with Crippen molar-refractivity contribution in [1.82, 2.24) is 0 Å². The van der Waals surface area contributed by atoms with Gasteiger partial charge in [-0.15, -0.1) is 0 Å². The highest BCUT2D eigenvalue weighted by molar-refractivity contribution is 6.33. The van der Waals surface area contributed by atoms with Crippen LogP contribution in [0.4, 0.5) is 10.1 Å².